The first-order chi connectivity index (χ1) is 3.70. The van der Waals surface area contributed by atoms with Crippen LogP contribution in [0.3, 0.4) is 0 Å². The number of thioether (sulfide) groups is 1. The van der Waals surface area contributed by atoms with E-state index >= 15 is 0 Å². The molecule has 0 aromatic rings. The Morgan fingerprint density at radius 2 is 2.25 bits per heavy atom. The van der Waals surface area contributed by atoms with Gasteiger partial charge in [0.2, 0.25) is 0 Å². The monoisotopic (exact) mass is 132 g/mol. The zero-order valence-electron chi connectivity index (χ0n) is 3.88. The van der Waals surface area contributed by atoms with Gasteiger partial charge in [-0.15, -0.1) is 0 Å². The first-order valence-corrected chi connectivity index (χ1v) is 2.85. The molecule has 1 fully saturated rings. The Kier molecular flexibility index (Phi) is 1.22. The van der Waals surface area contributed by atoms with E-state index in [0.717, 1.165) is 11.8 Å². The molecular formula is C3H4N2O2S. The van der Waals surface area contributed by atoms with Crippen molar-refractivity contribution in [1.82, 2.24) is 5.32 Å². The fourth-order valence-corrected chi connectivity index (χ4v) is 0.949. The molecule has 0 bridgehead atoms. The van der Waals surface area contributed by atoms with E-state index in [1.807, 2.05) is 0 Å². The molecule has 0 aliphatic carbocycles. The van der Waals surface area contributed by atoms with Crippen LogP contribution < -0.4 is 11.1 Å². The average molecular weight is 132 g/mol. The fraction of sp³-hybridized carbons (Fsp3) is 0.333. The highest BCUT2D eigenvalue weighted by Gasteiger charge is 2.27. The predicted molar refractivity (Wildman–Crippen MR) is 28.7 cm³/mol. The minimum atomic E-state index is -0.595. The van der Waals surface area contributed by atoms with Crippen LogP contribution in [0.15, 0.2) is 0 Å². The van der Waals surface area contributed by atoms with Crippen molar-refractivity contribution >= 4 is 22.8 Å². The van der Waals surface area contributed by atoms with Gasteiger partial charge in [-0.25, -0.2) is 0 Å². The molecule has 1 unspecified atom stereocenters. The van der Waals surface area contributed by atoms with Gasteiger partial charge in [-0.1, -0.05) is 0 Å². The lowest BCUT2D eigenvalue weighted by atomic mass is 10.7. The number of hydrogen-bond donors (Lipinski definition) is 2. The van der Waals surface area contributed by atoms with Crippen molar-refractivity contribution in [2.75, 3.05) is 0 Å². The number of carbonyl (C=O) groups excluding carboxylic acids is 2. The lowest BCUT2D eigenvalue weighted by Gasteiger charge is -1.93. The molecule has 1 aliphatic rings. The van der Waals surface area contributed by atoms with Crippen molar-refractivity contribution in [3.05, 3.63) is 0 Å². The third-order valence-corrected chi connectivity index (χ3v) is 1.46. The number of hydrogen-bond acceptors (Lipinski definition) is 4. The Morgan fingerprint density at radius 1 is 1.62 bits per heavy atom. The summed E-state index contributed by atoms with van der Waals surface area (Å²) in [4.78, 5) is 20.5. The third-order valence-electron chi connectivity index (χ3n) is 0.693. The predicted octanol–water partition coefficient (Wildman–Crippen LogP) is -1.38. The van der Waals surface area contributed by atoms with Gasteiger partial charge in [0.15, 0.2) is 0 Å². The van der Waals surface area contributed by atoms with Crippen LogP contribution in [0.4, 0.5) is 0 Å². The SMILES string of the molecule is NC1NC(=O)C(=O)S1. The fourth-order valence-electron chi connectivity index (χ4n) is 0.386. The van der Waals surface area contributed by atoms with Gasteiger partial charge >= 0.3 is 5.91 Å². The largest absolute Gasteiger partial charge is 0.324 e. The zero-order chi connectivity index (χ0) is 6.15. The summed E-state index contributed by atoms with van der Waals surface area (Å²) in [5.74, 6) is -0.595. The number of nitrogens with two attached hydrogens (primary N) is 1. The maximum atomic E-state index is 10.3. The molecule has 1 amide bonds. The quantitative estimate of drug-likeness (QED) is 0.398. The molecule has 3 N–H and O–H groups in total. The molecule has 1 rings (SSSR count). The Balaban J connectivity index is 2.64. The maximum absolute atomic E-state index is 10.3. The smallest absolute Gasteiger partial charge is 0.300 e. The highest BCUT2D eigenvalue weighted by molar-refractivity contribution is 8.16. The number of carbonyl (C=O) groups is 2. The average Bonchev–Trinajstić information content (AvgIpc) is 1.85. The lowest BCUT2D eigenvalue weighted by molar-refractivity contribution is -0.132. The number of amides is 1. The first kappa shape index (κ1) is 5.58. The Hall–Kier alpha value is -0.550. The molecule has 1 heterocycles. The van der Waals surface area contributed by atoms with Crippen LogP contribution in [-0.2, 0) is 9.59 Å². The molecule has 1 aliphatic heterocycles. The standard InChI is InChI=1S/C3H4N2O2S/c4-3-5-1(6)2(7)8-3/h3H,4H2,(H,5,6). The van der Waals surface area contributed by atoms with Gasteiger partial charge in [0.1, 0.15) is 5.50 Å². The third kappa shape index (κ3) is 0.823. The summed E-state index contributed by atoms with van der Waals surface area (Å²) in [7, 11) is 0. The van der Waals surface area contributed by atoms with E-state index in [-0.39, 0.29) is 0 Å². The summed E-state index contributed by atoms with van der Waals surface area (Å²) < 4.78 is 0. The van der Waals surface area contributed by atoms with Crippen molar-refractivity contribution in [2.45, 2.75) is 5.50 Å². The summed E-state index contributed by atoms with van der Waals surface area (Å²) in [5.41, 5.74) is 4.59. The normalized spacial score (nSPS) is 28.4. The summed E-state index contributed by atoms with van der Waals surface area (Å²) >= 11 is 0.807. The van der Waals surface area contributed by atoms with Gasteiger partial charge < -0.3 is 11.1 Å². The minimum absolute atomic E-state index is 0.502. The van der Waals surface area contributed by atoms with Crippen LogP contribution in [0.1, 0.15) is 0 Å². The van der Waals surface area contributed by atoms with E-state index in [2.05, 4.69) is 5.32 Å². The van der Waals surface area contributed by atoms with Crippen LogP contribution in [-0.4, -0.2) is 16.5 Å². The molecule has 0 aromatic heterocycles. The molecule has 0 saturated carbocycles. The molecular weight excluding hydrogens is 128 g/mol. The van der Waals surface area contributed by atoms with Crippen LogP contribution in [0, 0.1) is 0 Å². The molecule has 0 spiro atoms. The van der Waals surface area contributed by atoms with E-state index in [4.69, 9.17) is 5.73 Å². The van der Waals surface area contributed by atoms with Gasteiger partial charge in [0.25, 0.3) is 5.12 Å². The van der Waals surface area contributed by atoms with Crippen molar-refractivity contribution in [1.29, 1.82) is 0 Å². The molecule has 0 radical (unpaired) electrons. The van der Waals surface area contributed by atoms with Gasteiger partial charge in [-0.2, -0.15) is 0 Å². The second-order valence-electron chi connectivity index (χ2n) is 1.30. The minimum Gasteiger partial charge on any atom is -0.324 e. The van der Waals surface area contributed by atoms with Crippen molar-refractivity contribution in [3.63, 3.8) is 0 Å². The molecule has 5 heteroatoms. The van der Waals surface area contributed by atoms with Crippen LogP contribution in [0.5, 0.6) is 0 Å². The Labute approximate surface area is 49.8 Å². The van der Waals surface area contributed by atoms with E-state index in [9.17, 15) is 9.59 Å². The first-order valence-electron chi connectivity index (χ1n) is 1.97. The maximum Gasteiger partial charge on any atom is 0.300 e. The highest BCUT2D eigenvalue weighted by Crippen LogP contribution is 2.10. The lowest BCUT2D eigenvalue weighted by Crippen LogP contribution is -2.32. The molecule has 1 atom stereocenters. The summed E-state index contributed by atoms with van der Waals surface area (Å²) in [6.07, 6.45) is 0. The topological polar surface area (TPSA) is 72.2 Å². The van der Waals surface area contributed by atoms with Gasteiger partial charge in [-0.05, 0) is 11.8 Å². The van der Waals surface area contributed by atoms with E-state index in [1.165, 1.54) is 0 Å². The summed E-state index contributed by atoms with van der Waals surface area (Å²) in [6, 6.07) is 0. The van der Waals surface area contributed by atoms with Crippen molar-refractivity contribution < 1.29 is 9.59 Å². The van der Waals surface area contributed by atoms with E-state index in [0.29, 0.717) is 0 Å². The van der Waals surface area contributed by atoms with Gasteiger partial charge in [-0.3, -0.25) is 9.59 Å². The van der Waals surface area contributed by atoms with Crippen molar-refractivity contribution in [3.8, 4) is 0 Å². The molecule has 0 aromatic carbocycles. The van der Waals surface area contributed by atoms with Gasteiger partial charge in [0.05, 0.1) is 0 Å². The van der Waals surface area contributed by atoms with Crippen molar-refractivity contribution in [2.24, 2.45) is 5.73 Å². The van der Waals surface area contributed by atoms with Crippen LogP contribution >= 0.6 is 11.8 Å². The second kappa shape index (κ2) is 1.75. The Bertz CT molecular complexity index is 130. The zero-order valence-corrected chi connectivity index (χ0v) is 4.70. The van der Waals surface area contributed by atoms with Crippen LogP contribution in [0.25, 0.3) is 0 Å². The highest BCUT2D eigenvalue weighted by atomic mass is 32.2. The van der Waals surface area contributed by atoms with E-state index in [1.54, 1.807) is 0 Å². The number of nitrogens with one attached hydrogen (secondary N) is 1. The van der Waals surface area contributed by atoms with E-state index < -0.39 is 16.5 Å². The second-order valence-corrected chi connectivity index (χ2v) is 2.41. The molecule has 4 nitrogen and oxygen atoms in total. The number of rotatable bonds is 0. The summed E-state index contributed by atoms with van der Waals surface area (Å²) in [6.45, 7) is 0. The van der Waals surface area contributed by atoms with Crippen LogP contribution in [0.2, 0.25) is 0 Å². The Morgan fingerprint density at radius 3 is 2.38 bits per heavy atom. The molecule has 8 heavy (non-hydrogen) atoms. The van der Waals surface area contributed by atoms with Gasteiger partial charge in [0, 0.05) is 0 Å². The molecule has 1 saturated heterocycles. The molecule has 44 valence electrons. The summed E-state index contributed by atoms with van der Waals surface area (Å²) in [5, 5.41) is 1.72.